The molecule has 3 aliphatic heterocycles. The van der Waals surface area contributed by atoms with Gasteiger partial charge in [-0.15, -0.1) is 0 Å². The lowest BCUT2D eigenvalue weighted by atomic mass is 9.66. The number of hydrogen-bond acceptors (Lipinski definition) is 6. The van der Waals surface area contributed by atoms with Crippen LogP contribution in [0.3, 0.4) is 0 Å². The van der Waals surface area contributed by atoms with Crippen molar-refractivity contribution < 1.29 is 29.0 Å². The molecule has 0 saturated carbocycles. The van der Waals surface area contributed by atoms with Crippen molar-refractivity contribution in [2.24, 2.45) is 11.8 Å². The van der Waals surface area contributed by atoms with E-state index in [4.69, 9.17) is 9.47 Å². The third-order valence-corrected chi connectivity index (χ3v) is 8.53. The number of fused-ring (bicyclic) bond motifs is 1. The maximum absolute atomic E-state index is 14.0. The Morgan fingerprint density at radius 2 is 1.77 bits per heavy atom. The number of hydrogen-bond donors (Lipinski definition) is 3. The van der Waals surface area contributed by atoms with Crippen molar-refractivity contribution in [3.05, 3.63) is 53.6 Å². The van der Waals surface area contributed by atoms with Gasteiger partial charge in [-0.25, -0.2) is 0 Å². The number of nitrogens with zero attached hydrogens (tertiary/aromatic N) is 1. The van der Waals surface area contributed by atoms with Crippen LogP contribution in [0.25, 0.3) is 0 Å². The van der Waals surface area contributed by atoms with E-state index in [1.54, 1.807) is 24.3 Å². The standard InChI is InChI=1S/C30H37N3O6/c1-5-38-21-12-10-20(11-13-21)31-26(35)22-23-28(37)33(16-7-17-34)25(30(23)15-14-29(22,4)39-30)27(36)32-24-18(2)8-6-9-19(24)3/h6,8-13,22-23,25,34H,5,7,14-17H2,1-4H3,(H,31,35)(H,32,36)/t22-,23-,25?,29+,30?/m0/s1. The van der Waals surface area contributed by atoms with Crippen molar-refractivity contribution in [3.63, 3.8) is 0 Å². The van der Waals surface area contributed by atoms with Crippen LogP contribution in [-0.4, -0.2) is 64.7 Å². The molecule has 2 bridgehead atoms. The molecule has 3 aliphatic rings. The van der Waals surface area contributed by atoms with E-state index in [0.29, 0.717) is 43.0 Å². The Kier molecular flexibility index (Phi) is 7.15. The molecule has 0 radical (unpaired) electrons. The van der Waals surface area contributed by atoms with Crippen LogP contribution in [0.4, 0.5) is 11.4 Å². The Balaban J connectivity index is 1.46. The first-order valence-electron chi connectivity index (χ1n) is 13.7. The molecule has 1 spiro atoms. The number of anilines is 2. The van der Waals surface area contributed by atoms with Gasteiger partial charge < -0.3 is 30.1 Å². The summed E-state index contributed by atoms with van der Waals surface area (Å²) in [6.07, 6.45) is 1.37. The molecule has 9 heteroatoms. The van der Waals surface area contributed by atoms with Crippen LogP contribution in [0.5, 0.6) is 5.75 Å². The third-order valence-electron chi connectivity index (χ3n) is 8.53. The number of carbonyl (C=O) groups excluding carboxylic acids is 3. The smallest absolute Gasteiger partial charge is 0.250 e. The van der Waals surface area contributed by atoms with E-state index in [1.807, 2.05) is 45.9 Å². The highest BCUT2D eigenvalue weighted by Gasteiger charge is 2.77. The van der Waals surface area contributed by atoms with E-state index < -0.39 is 29.1 Å². The molecular weight excluding hydrogens is 498 g/mol. The van der Waals surface area contributed by atoms with Crippen molar-refractivity contribution >= 4 is 29.1 Å². The minimum atomic E-state index is -1.12. The maximum Gasteiger partial charge on any atom is 0.250 e. The van der Waals surface area contributed by atoms with Crippen LogP contribution in [0.2, 0.25) is 0 Å². The number of nitrogens with one attached hydrogen (secondary N) is 2. The SMILES string of the molecule is CCOc1ccc(NC(=O)[C@@H]2[C@H]3C(=O)N(CCCO)C(C(=O)Nc4c(C)cccc4C)C34CC[C@@]2(C)O4)cc1. The van der Waals surface area contributed by atoms with Gasteiger partial charge in [0.25, 0.3) is 0 Å². The van der Waals surface area contributed by atoms with Gasteiger partial charge in [0.2, 0.25) is 17.7 Å². The second-order valence-electron chi connectivity index (χ2n) is 11.0. The Morgan fingerprint density at radius 1 is 1.08 bits per heavy atom. The van der Waals surface area contributed by atoms with E-state index in [9.17, 15) is 19.5 Å². The quantitative estimate of drug-likeness (QED) is 0.453. The summed E-state index contributed by atoms with van der Waals surface area (Å²) in [6, 6.07) is 12.0. The van der Waals surface area contributed by atoms with Crippen molar-refractivity contribution in [2.75, 3.05) is 30.4 Å². The van der Waals surface area contributed by atoms with E-state index >= 15 is 0 Å². The Hall–Kier alpha value is -3.43. The first-order chi connectivity index (χ1) is 18.6. The van der Waals surface area contributed by atoms with Crippen LogP contribution in [0.1, 0.15) is 44.2 Å². The molecule has 2 aromatic carbocycles. The highest BCUT2D eigenvalue weighted by atomic mass is 16.5. The molecule has 0 aliphatic carbocycles. The fraction of sp³-hybridized carbons (Fsp3) is 0.500. The molecule has 0 aromatic heterocycles. The van der Waals surface area contributed by atoms with Gasteiger partial charge in [-0.05, 0) is 82.3 Å². The van der Waals surface area contributed by atoms with E-state index in [2.05, 4.69) is 10.6 Å². The molecule has 3 N–H and O–H groups in total. The van der Waals surface area contributed by atoms with Gasteiger partial charge >= 0.3 is 0 Å². The van der Waals surface area contributed by atoms with Gasteiger partial charge in [-0.2, -0.15) is 0 Å². The number of likely N-dealkylation sites (tertiary alicyclic amines) is 1. The predicted octanol–water partition coefficient (Wildman–Crippen LogP) is 3.43. The summed E-state index contributed by atoms with van der Waals surface area (Å²) in [5, 5.41) is 15.6. The zero-order valence-corrected chi connectivity index (χ0v) is 23.0. The lowest BCUT2D eigenvalue weighted by Crippen LogP contribution is -2.53. The number of para-hydroxylation sites is 1. The number of aliphatic hydroxyl groups is 1. The van der Waals surface area contributed by atoms with Crippen molar-refractivity contribution in [2.45, 2.75) is 64.2 Å². The van der Waals surface area contributed by atoms with Crippen molar-refractivity contribution in [1.82, 2.24) is 4.90 Å². The molecule has 39 heavy (non-hydrogen) atoms. The number of rotatable bonds is 9. The molecule has 5 rings (SSSR count). The number of benzene rings is 2. The normalized spacial score (nSPS) is 28.9. The summed E-state index contributed by atoms with van der Waals surface area (Å²) in [4.78, 5) is 43.2. The summed E-state index contributed by atoms with van der Waals surface area (Å²) in [5.74, 6) is -1.78. The average molecular weight is 536 g/mol. The lowest BCUT2D eigenvalue weighted by Gasteiger charge is -2.33. The van der Waals surface area contributed by atoms with E-state index in [1.165, 1.54) is 4.90 Å². The van der Waals surface area contributed by atoms with Crippen molar-refractivity contribution in [3.8, 4) is 5.75 Å². The fourth-order valence-corrected chi connectivity index (χ4v) is 6.83. The Morgan fingerprint density at radius 3 is 2.41 bits per heavy atom. The largest absolute Gasteiger partial charge is 0.494 e. The fourth-order valence-electron chi connectivity index (χ4n) is 6.83. The summed E-state index contributed by atoms with van der Waals surface area (Å²) in [7, 11) is 0. The lowest BCUT2D eigenvalue weighted by molar-refractivity contribution is -0.143. The minimum absolute atomic E-state index is 0.118. The number of aliphatic hydroxyl groups excluding tert-OH is 1. The number of amides is 3. The van der Waals surface area contributed by atoms with E-state index in [-0.39, 0.29) is 30.9 Å². The van der Waals surface area contributed by atoms with Gasteiger partial charge in [0, 0.05) is 24.5 Å². The van der Waals surface area contributed by atoms with Crippen LogP contribution >= 0.6 is 0 Å². The zero-order valence-electron chi connectivity index (χ0n) is 23.0. The predicted molar refractivity (Wildman–Crippen MR) is 146 cm³/mol. The average Bonchev–Trinajstić information content (AvgIpc) is 3.47. The molecule has 5 atom stereocenters. The van der Waals surface area contributed by atoms with Crippen LogP contribution in [-0.2, 0) is 19.1 Å². The zero-order chi connectivity index (χ0) is 27.9. The molecular formula is C30H37N3O6. The minimum Gasteiger partial charge on any atom is -0.494 e. The summed E-state index contributed by atoms with van der Waals surface area (Å²) in [6.45, 7) is 8.24. The van der Waals surface area contributed by atoms with E-state index in [0.717, 1.165) is 11.1 Å². The van der Waals surface area contributed by atoms with Gasteiger partial charge in [-0.1, -0.05) is 18.2 Å². The molecule has 3 amide bonds. The highest BCUT2D eigenvalue weighted by Crippen LogP contribution is 2.63. The van der Waals surface area contributed by atoms with Gasteiger partial charge in [-0.3, -0.25) is 14.4 Å². The van der Waals surface area contributed by atoms with Gasteiger partial charge in [0.1, 0.15) is 17.4 Å². The third kappa shape index (κ3) is 4.47. The molecule has 3 saturated heterocycles. The van der Waals surface area contributed by atoms with Crippen LogP contribution in [0, 0.1) is 25.7 Å². The topological polar surface area (TPSA) is 117 Å². The van der Waals surface area contributed by atoms with Crippen molar-refractivity contribution in [1.29, 1.82) is 0 Å². The molecule has 2 aromatic rings. The molecule has 2 unspecified atom stereocenters. The Labute approximate surface area is 228 Å². The highest BCUT2D eigenvalue weighted by molar-refractivity contribution is 6.05. The number of aryl methyl sites for hydroxylation is 2. The second kappa shape index (κ2) is 10.3. The summed E-state index contributed by atoms with van der Waals surface area (Å²) >= 11 is 0. The monoisotopic (exact) mass is 535 g/mol. The van der Waals surface area contributed by atoms with Crippen LogP contribution in [0.15, 0.2) is 42.5 Å². The first-order valence-corrected chi connectivity index (χ1v) is 13.7. The first kappa shape index (κ1) is 27.1. The molecule has 3 fully saturated rings. The summed E-state index contributed by atoms with van der Waals surface area (Å²) < 4.78 is 12.1. The number of ether oxygens (including phenoxy) is 2. The maximum atomic E-state index is 14.0. The van der Waals surface area contributed by atoms with Gasteiger partial charge in [0.05, 0.1) is 24.0 Å². The second-order valence-corrected chi connectivity index (χ2v) is 11.0. The number of carbonyl (C=O) groups is 3. The van der Waals surface area contributed by atoms with Gasteiger partial charge in [0.15, 0.2) is 0 Å². The molecule has 208 valence electrons. The molecule has 3 heterocycles. The van der Waals surface area contributed by atoms with Crippen LogP contribution < -0.4 is 15.4 Å². The Bertz CT molecular complexity index is 1260. The molecule has 9 nitrogen and oxygen atoms in total. The summed E-state index contributed by atoms with van der Waals surface area (Å²) in [5.41, 5.74) is 1.13.